The van der Waals surface area contributed by atoms with Crippen LogP contribution in [0.3, 0.4) is 0 Å². The number of hydrogen-bond donors (Lipinski definition) is 0. The normalized spacial score (nSPS) is 6.67. The second-order valence-corrected chi connectivity index (χ2v) is 2.73. The van der Waals surface area contributed by atoms with Crippen molar-refractivity contribution in [3.05, 3.63) is 0 Å². The van der Waals surface area contributed by atoms with Gasteiger partial charge in [-0.25, -0.2) is 0 Å². The third kappa shape index (κ3) is 4.36. The van der Waals surface area contributed by atoms with Crippen molar-refractivity contribution < 1.29 is 9.59 Å². The van der Waals surface area contributed by atoms with Gasteiger partial charge in [-0.2, -0.15) is 9.80 Å². The molecule has 0 spiro atoms. The fourth-order valence-electron chi connectivity index (χ4n) is 0.897. The van der Waals surface area contributed by atoms with E-state index >= 15 is 0 Å². The fraction of sp³-hybridized carbons (Fsp3) is 0.286. The largest absolute Gasteiger partial charge is 0.337 e. The van der Waals surface area contributed by atoms with Crippen molar-refractivity contribution in [3.63, 3.8) is 0 Å². The lowest BCUT2D eigenvalue weighted by Crippen LogP contribution is -2.37. The molecule has 4 nitrogen and oxygen atoms in total. The Morgan fingerprint density at radius 2 is 0.833 bits per heavy atom. The second kappa shape index (κ2) is 8.35. The molecule has 0 radical (unpaired) electrons. The molecular weight excluding hydrogens is 228 g/mol. The maximum absolute atomic E-state index is 11.8. The molecule has 0 rings (SSSR count). The van der Waals surface area contributed by atoms with Crippen LogP contribution in [0.1, 0.15) is 27.7 Å². The summed E-state index contributed by atoms with van der Waals surface area (Å²) in [6, 6.07) is 9.68. The van der Waals surface area contributed by atoms with Gasteiger partial charge < -0.3 is 0 Å². The van der Waals surface area contributed by atoms with Gasteiger partial charge in [-0.15, -0.1) is 0 Å². The zero-order chi connectivity index (χ0) is 14.0. The molecule has 18 heavy (non-hydrogen) atoms. The molecule has 0 aromatic carbocycles. The summed E-state index contributed by atoms with van der Waals surface area (Å²) in [5.41, 5.74) is 0. The highest BCUT2D eigenvalue weighted by molar-refractivity contribution is 6.36. The zero-order valence-corrected chi connectivity index (χ0v) is 10.7. The topological polar surface area (TPSA) is 40.6 Å². The van der Waals surface area contributed by atoms with Crippen molar-refractivity contribution >= 4 is 11.8 Å². The summed E-state index contributed by atoms with van der Waals surface area (Å²) in [5, 5.41) is 0. The van der Waals surface area contributed by atoms with Crippen molar-refractivity contribution in [2.75, 3.05) is 0 Å². The molecule has 90 valence electrons. The fourth-order valence-corrected chi connectivity index (χ4v) is 0.897. The highest BCUT2D eigenvalue weighted by atomic mass is 16.2. The van der Waals surface area contributed by atoms with E-state index in [2.05, 4.69) is 47.9 Å². The summed E-state index contributed by atoms with van der Waals surface area (Å²) in [5.74, 6) is 8.23. The van der Waals surface area contributed by atoms with Crippen molar-refractivity contribution in [3.8, 4) is 47.9 Å². The number of carbonyl (C=O) groups excluding carboxylic acids is 2. The predicted molar refractivity (Wildman–Crippen MR) is 67.5 cm³/mol. The first-order valence-electron chi connectivity index (χ1n) is 5.00. The Bertz CT molecular complexity index is 480. The van der Waals surface area contributed by atoms with Crippen LogP contribution in [-0.2, 0) is 9.59 Å². The summed E-state index contributed by atoms with van der Waals surface area (Å²) < 4.78 is 0. The predicted octanol–water partition coefficient (Wildman–Crippen LogP) is 0.567. The van der Waals surface area contributed by atoms with Crippen LogP contribution in [0.25, 0.3) is 0 Å². The first kappa shape index (κ1) is 15.2. The molecule has 4 heteroatoms. The van der Waals surface area contributed by atoms with Gasteiger partial charge in [-0.05, 0) is 27.7 Å². The maximum Gasteiger partial charge on any atom is 0.337 e. The molecule has 0 aromatic heterocycles. The monoisotopic (exact) mass is 240 g/mol. The van der Waals surface area contributed by atoms with Gasteiger partial charge in [0.2, 0.25) is 0 Å². The van der Waals surface area contributed by atoms with Crippen LogP contribution >= 0.6 is 0 Å². The van der Waals surface area contributed by atoms with E-state index in [1.165, 1.54) is 27.7 Å². The van der Waals surface area contributed by atoms with Gasteiger partial charge in [-0.3, -0.25) is 9.59 Å². The van der Waals surface area contributed by atoms with Crippen LogP contribution in [0.15, 0.2) is 0 Å². The number of nitrogens with zero attached hydrogens (tertiary/aromatic N) is 2. The van der Waals surface area contributed by atoms with Crippen molar-refractivity contribution in [2.45, 2.75) is 27.7 Å². The van der Waals surface area contributed by atoms with Gasteiger partial charge in [0.05, 0.1) is 0 Å². The van der Waals surface area contributed by atoms with Crippen molar-refractivity contribution in [1.29, 1.82) is 0 Å². The number of rotatable bonds is 0. The second-order valence-electron chi connectivity index (χ2n) is 2.73. The standard InChI is InChI=1S/C14H12N2O2/c1-5-9-15(10-6-2)13(17)14(18)16(11-7-3)12-8-4/h1-4H3. The molecule has 0 fully saturated rings. The smallest absolute Gasteiger partial charge is 0.261 e. The summed E-state index contributed by atoms with van der Waals surface area (Å²) >= 11 is 0. The first-order valence-corrected chi connectivity index (χ1v) is 5.00. The molecule has 0 aliphatic rings. The average Bonchev–Trinajstić information content (AvgIpc) is 2.36. The lowest BCUT2D eigenvalue weighted by molar-refractivity contribution is -0.144. The van der Waals surface area contributed by atoms with E-state index in [0.29, 0.717) is 0 Å². The molecule has 0 aliphatic heterocycles. The molecule has 0 saturated heterocycles. The average molecular weight is 240 g/mol. The van der Waals surface area contributed by atoms with E-state index < -0.39 is 11.8 Å². The molecule has 0 bridgehead atoms. The van der Waals surface area contributed by atoms with Gasteiger partial charge in [0.15, 0.2) is 0 Å². The molecule has 0 unspecified atom stereocenters. The molecule has 0 N–H and O–H groups in total. The Kier molecular flexibility index (Phi) is 7.04. The Morgan fingerprint density at radius 3 is 1.00 bits per heavy atom. The molecule has 0 aliphatic carbocycles. The minimum Gasteiger partial charge on any atom is -0.261 e. The van der Waals surface area contributed by atoms with Crippen molar-refractivity contribution in [2.24, 2.45) is 0 Å². The van der Waals surface area contributed by atoms with Crippen LogP contribution < -0.4 is 0 Å². The van der Waals surface area contributed by atoms with Gasteiger partial charge in [0.1, 0.15) is 0 Å². The molecule has 0 heterocycles. The van der Waals surface area contributed by atoms with Crippen LogP contribution in [-0.4, -0.2) is 21.6 Å². The summed E-state index contributed by atoms with van der Waals surface area (Å²) in [6.45, 7) is 6.16. The van der Waals surface area contributed by atoms with Gasteiger partial charge in [-0.1, -0.05) is 23.7 Å². The summed E-state index contributed by atoms with van der Waals surface area (Å²) in [4.78, 5) is 25.3. The summed E-state index contributed by atoms with van der Waals surface area (Å²) in [7, 11) is 0. The quantitative estimate of drug-likeness (QED) is 0.353. The third-order valence-corrected chi connectivity index (χ3v) is 1.48. The Labute approximate surface area is 107 Å². The van der Waals surface area contributed by atoms with Crippen LogP contribution in [0.5, 0.6) is 0 Å². The zero-order valence-electron chi connectivity index (χ0n) is 10.7. The van der Waals surface area contributed by atoms with Gasteiger partial charge >= 0.3 is 11.8 Å². The van der Waals surface area contributed by atoms with E-state index in [1.54, 1.807) is 0 Å². The Morgan fingerprint density at radius 1 is 0.611 bits per heavy atom. The number of carbonyl (C=O) groups is 2. The first-order chi connectivity index (χ1) is 8.62. The lowest BCUT2D eigenvalue weighted by atomic mass is 10.4. The highest BCUT2D eigenvalue weighted by Gasteiger charge is 2.24. The van der Waals surface area contributed by atoms with Crippen molar-refractivity contribution in [1.82, 2.24) is 9.80 Å². The molecule has 0 aromatic rings. The van der Waals surface area contributed by atoms with E-state index in [-0.39, 0.29) is 0 Å². The molecule has 0 atom stereocenters. The Hall–Kier alpha value is -2.82. The molecule has 2 amide bonds. The van der Waals surface area contributed by atoms with E-state index in [0.717, 1.165) is 9.80 Å². The Balaban J connectivity index is 5.27. The van der Waals surface area contributed by atoms with E-state index in [9.17, 15) is 9.59 Å². The summed E-state index contributed by atoms with van der Waals surface area (Å²) in [6.07, 6.45) is 0. The minimum atomic E-state index is -0.885. The highest BCUT2D eigenvalue weighted by Crippen LogP contribution is 1.93. The SMILES string of the molecule is CC#CN(C#CC)C(=O)C(=O)N(C#CC)C#CC. The van der Waals surface area contributed by atoms with Gasteiger partial charge in [0, 0.05) is 24.2 Å². The molecule has 0 saturated carbocycles. The van der Waals surface area contributed by atoms with E-state index in [4.69, 9.17) is 0 Å². The van der Waals surface area contributed by atoms with Gasteiger partial charge in [0.25, 0.3) is 0 Å². The van der Waals surface area contributed by atoms with Crippen LogP contribution in [0, 0.1) is 47.9 Å². The lowest BCUT2D eigenvalue weighted by Gasteiger charge is -2.09. The third-order valence-electron chi connectivity index (χ3n) is 1.48. The number of amides is 2. The minimum absolute atomic E-state index is 0.823. The number of hydrogen-bond acceptors (Lipinski definition) is 2. The maximum atomic E-state index is 11.8. The molecular formula is C14H12N2O2. The van der Waals surface area contributed by atoms with Crippen LogP contribution in [0.2, 0.25) is 0 Å². The van der Waals surface area contributed by atoms with E-state index in [1.807, 2.05) is 0 Å². The van der Waals surface area contributed by atoms with Crippen LogP contribution in [0.4, 0.5) is 0 Å².